The largest absolute Gasteiger partial charge is 0.106 e. The lowest BCUT2D eigenvalue weighted by Gasteiger charge is -2.31. The molecule has 2 aromatic carbocycles. The molecule has 0 bridgehead atoms. The zero-order valence-corrected chi connectivity index (χ0v) is 15.5. The topological polar surface area (TPSA) is 0 Å². The molecule has 0 aliphatic heterocycles. The molecular formula is C23H32. The molecule has 2 aromatic rings. The van der Waals surface area contributed by atoms with Gasteiger partial charge in [0.2, 0.25) is 0 Å². The van der Waals surface area contributed by atoms with Gasteiger partial charge in [-0.05, 0) is 47.8 Å². The van der Waals surface area contributed by atoms with Crippen LogP contribution in [0.1, 0.15) is 51.7 Å². The van der Waals surface area contributed by atoms with Crippen molar-refractivity contribution in [2.45, 2.75) is 52.9 Å². The van der Waals surface area contributed by atoms with Crippen molar-refractivity contribution in [3.63, 3.8) is 0 Å². The molecule has 0 saturated heterocycles. The van der Waals surface area contributed by atoms with Crippen molar-refractivity contribution in [2.75, 3.05) is 0 Å². The van der Waals surface area contributed by atoms with Crippen LogP contribution in [0.4, 0.5) is 0 Å². The van der Waals surface area contributed by atoms with Gasteiger partial charge >= 0.3 is 0 Å². The van der Waals surface area contributed by atoms with Crippen LogP contribution in [0, 0.1) is 12.8 Å². The third-order valence-electron chi connectivity index (χ3n) is 4.61. The van der Waals surface area contributed by atoms with E-state index in [-0.39, 0.29) is 0 Å². The molecule has 0 aliphatic rings. The third kappa shape index (κ3) is 5.10. The van der Waals surface area contributed by atoms with Crippen molar-refractivity contribution >= 4 is 0 Å². The summed E-state index contributed by atoms with van der Waals surface area (Å²) in [6.45, 7) is 17.5. The summed E-state index contributed by atoms with van der Waals surface area (Å²) in [4.78, 5) is 0. The van der Waals surface area contributed by atoms with Gasteiger partial charge in [0.05, 0.1) is 0 Å². The second-order valence-corrected chi connectivity index (χ2v) is 6.96. The second-order valence-electron chi connectivity index (χ2n) is 6.96. The van der Waals surface area contributed by atoms with E-state index in [4.69, 9.17) is 0 Å². The first-order valence-corrected chi connectivity index (χ1v) is 8.62. The van der Waals surface area contributed by atoms with Gasteiger partial charge in [0.1, 0.15) is 0 Å². The molecule has 0 amide bonds. The average molecular weight is 309 g/mol. The van der Waals surface area contributed by atoms with E-state index in [0.29, 0.717) is 5.41 Å². The van der Waals surface area contributed by atoms with Crippen molar-refractivity contribution in [3.05, 3.63) is 72.8 Å². The normalized spacial score (nSPS) is 13.1. The fraction of sp³-hybridized carbons (Fsp3) is 0.391. The fourth-order valence-electron chi connectivity index (χ4n) is 3.18. The minimum absolute atomic E-state index is 0.292. The first-order valence-electron chi connectivity index (χ1n) is 8.62. The SMILES string of the molecule is C=C.CCC(C)(CC(C)C)c1ccc(-c2ccc(C)cc2)cc1. The maximum Gasteiger partial charge on any atom is -0.00754 e. The van der Waals surface area contributed by atoms with Crippen molar-refractivity contribution in [1.82, 2.24) is 0 Å². The standard InChI is InChI=1S/C21H28.C2H4/c1-6-21(5,15-16(2)3)20-13-11-19(12-14-20)18-9-7-17(4)8-10-18;1-2/h7-14,16H,6,15H2,1-5H3;1-2H2. The quantitative estimate of drug-likeness (QED) is 0.513. The van der Waals surface area contributed by atoms with Gasteiger partial charge in [-0.25, -0.2) is 0 Å². The Morgan fingerprint density at radius 3 is 1.70 bits per heavy atom. The Morgan fingerprint density at radius 2 is 1.30 bits per heavy atom. The Hall–Kier alpha value is -1.82. The highest BCUT2D eigenvalue weighted by molar-refractivity contribution is 5.64. The maximum atomic E-state index is 3.00. The first-order chi connectivity index (χ1) is 10.9. The minimum atomic E-state index is 0.292. The number of aryl methyl sites for hydroxylation is 1. The van der Waals surface area contributed by atoms with Crippen LogP contribution in [-0.2, 0) is 5.41 Å². The molecule has 1 unspecified atom stereocenters. The van der Waals surface area contributed by atoms with E-state index >= 15 is 0 Å². The predicted molar refractivity (Wildman–Crippen MR) is 105 cm³/mol. The lowest BCUT2D eigenvalue weighted by molar-refractivity contribution is 0.357. The molecule has 2 rings (SSSR count). The summed E-state index contributed by atoms with van der Waals surface area (Å²) in [6, 6.07) is 18.0. The van der Waals surface area contributed by atoms with E-state index in [1.165, 1.54) is 35.1 Å². The summed E-state index contributed by atoms with van der Waals surface area (Å²) >= 11 is 0. The minimum Gasteiger partial charge on any atom is -0.106 e. The monoisotopic (exact) mass is 308 g/mol. The Balaban J connectivity index is 0.00000127. The van der Waals surface area contributed by atoms with E-state index in [1.807, 2.05) is 0 Å². The van der Waals surface area contributed by atoms with Gasteiger partial charge in [-0.3, -0.25) is 0 Å². The Kier molecular flexibility index (Phi) is 7.29. The number of hydrogen-bond acceptors (Lipinski definition) is 0. The fourth-order valence-corrected chi connectivity index (χ4v) is 3.18. The van der Waals surface area contributed by atoms with Gasteiger partial charge in [-0.1, -0.05) is 81.8 Å². The van der Waals surface area contributed by atoms with Crippen LogP contribution in [0.3, 0.4) is 0 Å². The van der Waals surface area contributed by atoms with Crippen molar-refractivity contribution in [2.24, 2.45) is 5.92 Å². The van der Waals surface area contributed by atoms with Crippen molar-refractivity contribution in [3.8, 4) is 11.1 Å². The van der Waals surface area contributed by atoms with E-state index < -0.39 is 0 Å². The Labute approximate surface area is 143 Å². The van der Waals surface area contributed by atoms with E-state index in [0.717, 1.165) is 5.92 Å². The summed E-state index contributed by atoms with van der Waals surface area (Å²) in [7, 11) is 0. The van der Waals surface area contributed by atoms with Gasteiger partial charge in [-0.2, -0.15) is 0 Å². The lowest BCUT2D eigenvalue weighted by atomic mass is 9.74. The summed E-state index contributed by atoms with van der Waals surface area (Å²) in [5.74, 6) is 0.728. The highest BCUT2D eigenvalue weighted by atomic mass is 14.3. The summed E-state index contributed by atoms with van der Waals surface area (Å²) in [5, 5.41) is 0. The Morgan fingerprint density at radius 1 is 0.870 bits per heavy atom. The van der Waals surface area contributed by atoms with Crippen LogP contribution >= 0.6 is 0 Å². The maximum absolute atomic E-state index is 3.00. The molecule has 124 valence electrons. The van der Waals surface area contributed by atoms with Gasteiger partial charge in [0.15, 0.2) is 0 Å². The molecule has 0 aromatic heterocycles. The van der Waals surface area contributed by atoms with Gasteiger partial charge in [-0.15, -0.1) is 13.2 Å². The third-order valence-corrected chi connectivity index (χ3v) is 4.61. The molecule has 0 nitrogen and oxygen atoms in total. The van der Waals surface area contributed by atoms with Crippen molar-refractivity contribution in [1.29, 1.82) is 0 Å². The lowest BCUT2D eigenvalue weighted by Crippen LogP contribution is -2.23. The summed E-state index contributed by atoms with van der Waals surface area (Å²) < 4.78 is 0. The van der Waals surface area contributed by atoms with Gasteiger partial charge in [0, 0.05) is 0 Å². The molecule has 0 spiro atoms. The number of hydrogen-bond donors (Lipinski definition) is 0. The molecule has 1 atom stereocenters. The molecule has 0 saturated carbocycles. The highest BCUT2D eigenvalue weighted by Crippen LogP contribution is 2.35. The van der Waals surface area contributed by atoms with Crippen LogP contribution in [0.5, 0.6) is 0 Å². The van der Waals surface area contributed by atoms with E-state index in [9.17, 15) is 0 Å². The second kappa shape index (κ2) is 8.72. The number of rotatable bonds is 5. The zero-order chi connectivity index (χ0) is 17.5. The van der Waals surface area contributed by atoms with Crippen LogP contribution in [-0.4, -0.2) is 0 Å². The summed E-state index contributed by atoms with van der Waals surface area (Å²) in [6.07, 6.45) is 2.43. The van der Waals surface area contributed by atoms with Crippen LogP contribution < -0.4 is 0 Å². The molecular weight excluding hydrogens is 276 g/mol. The molecule has 0 radical (unpaired) electrons. The highest BCUT2D eigenvalue weighted by Gasteiger charge is 2.25. The van der Waals surface area contributed by atoms with E-state index in [2.05, 4.69) is 96.3 Å². The smallest absolute Gasteiger partial charge is 0.00754 e. The molecule has 0 heterocycles. The molecule has 0 N–H and O–H groups in total. The average Bonchev–Trinajstić information content (AvgIpc) is 2.57. The summed E-state index contributed by atoms with van der Waals surface area (Å²) in [5.41, 5.74) is 5.68. The first kappa shape index (κ1) is 19.2. The molecule has 0 aliphatic carbocycles. The van der Waals surface area contributed by atoms with Crippen LogP contribution in [0.15, 0.2) is 61.7 Å². The molecule has 0 fully saturated rings. The zero-order valence-electron chi connectivity index (χ0n) is 15.5. The Bertz CT molecular complexity index is 574. The van der Waals surface area contributed by atoms with Gasteiger partial charge < -0.3 is 0 Å². The van der Waals surface area contributed by atoms with Crippen LogP contribution in [0.2, 0.25) is 0 Å². The van der Waals surface area contributed by atoms with Gasteiger partial charge in [0.25, 0.3) is 0 Å². The van der Waals surface area contributed by atoms with Crippen LogP contribution in [0.25, 0.3) is 11.1 Å². The van der Waals surface area contributed by atoms with E-state index in [1.54, 1.807) is 0 Å². The predicted octanol–water partition coefficient (Wildman–Crippen LogP) is 7.18. The molecule has 23 heavy (non-hydrogen) atoms. The molecule has 0 heteroatoms. The number of benzene rings is 2. The van der Waals surface area contributed by atoms with Crippen molar-refractivity contribution < 1.29 is 0 Å².